The van der Waals surface area contributed by atoms with Gasteiger partial charge in [-0.3, -0.25) is 4.98 Å². The zero-order chi connectivity index (χ0) is 17.0. The van der Waals surface area contributed by atoms with Gasteiger partial charge in [0.1, 0.15) is 0 Å². The molecule has 0 aliphatic carbocycles. The van der Waals surface area contributed by atoms with Crippen molar-refractivity contribution in [1.29, 1.82) is 0 Å². The van der Waals surface area contributed by atoms with Crippen molar-refractivity contribution in [2.24, 2.45) is 0 Å². The van der Waals surface area contributed by atoms with Gasteiger partial charge < -0.3 is 10.2 Å². The Morgan fingerprint density at radius 2 is 1.96 bits per heavy atom. The van der Waals surface area contributed by atoms with Crippen molar-refractivity contribution in [2.45, 2.75) is 19.9 Å². The van der Waals surface area contributed by atoms with Crippen LogP contribution in [0.4, 0.5) is 14.9 Å². The minimum absolute atomic E-state index is 0.0431. The van der Waals surface area contributed by atoms with E-state index in [-0.39, 0.29) is 37.9 Å². The minimum Gasteiger partial charge on any atom is -0.322 e. The van der Waals surface area contributed by atoms with Crippen LogP contribution in [0, 0.1) is 5.82 Å². The molecule has 0 spiro atoms. The molecule has 8 nitrogen and oxygen atoms in total. The van der Waals surface area contributed by atoms with Crippen LogP contribution in [0.1, 0.15) is 13.8 Å². The van der Waals surface area contributed by atoms with Gasteiger partial charge in [0.2, 0.25) is 0 Å². The summed E-state index contributed by atoms with van der Waals surface area (Å²) in [5.41, 5.74) is 0.0431. The first-order valence-electron chi connectivity index (χ1n) is 7.22. The molecule has 1 aromatic heterocycles. The summed E-state index contributed by atoms with van der Waals surface area (Å²) in [6, 6.07) is 0.695. The number of hydrogen-bond donors (Lipinski definition) is 2. The summed E-state index contributed by atoms with van der Waals surface area (Å²) in [6.07, 6.45) is 2.39. The Bertz CT molecular complexity index is 659. The number of aromatic nitrogens is 1. The molecule has 2 heterocycles. The molecule has 1 aromatic rings. The zero-order valence-corrected chi connectivity index (χ0v) is 13.8. The highest BCUT2D eigenvalue weighted by molar-refractivity contribution is 7.87. The summed E-state index contributed by atoms with van der Waals surface area (Å²) in [5.74, 6) is -0.622. The maximum Gasteiger partial charge on any atom is 0.322 e. The number of anilines is 1. The topological polar surface area (TPSA) is 94.6 Å². The molecule has 2 N–H and O–H groups in total. The van der Waals surface area contributed by atoms with Crippen molar-refractivity contribution < 1.29 is 17.6 Å². The number of halogens is 1. The fourth-order valence-electron chi connectivity index (χ4n) is 2.17. The highest BCUT2D eigenvalue weighted by Crippen LogP contribution is 2.13. The van der Waals surface area contributed by atoms with Crippen LogP contribution in [0.3, 0.4) is 0 Å². The van der Waals surface area contributed by atoms with E-state index in [2.05, 4.69) is 15.0 Å². The molecule has 0 saturated carbocycles. The van der Waals surface area contributed by atoms with E-state index in [1.807, 2.05) is 0 Å². The van der Waals surface area contributed by atoms with Crippen LogP contribution in [-0.2, 0) is 10.2 Å². The summed E-state index contributed by atoms with van der Waals surface area (Å²) in [5, 5.41) is 2.45. The molecule has 1 aliphatic rings. The maximum atomic E-state index is 13.5. The van der Waals surface area contributed by atoms with Crippen LogP contribution in [-0.4, -0.2) is 60.9 Å². The average Bonchev–Trinajstić information content (AvgIpc) is 2.48. The van der Waals surface area contributed by atoms with Gasteiger partial charge in [-0.2, -0.15) is 17.4 Å². The number of rotatable bonds is 4. The lowest BCUT2D eigenvalue weighted by Gasteiger charge is -2.34. The normalized spacial score (nSPS) is 16.6. The Morgan fingerprint density at radius 3 is 2.52 bits per heavy atom. The fraction of sp³-hybridized carbons (Fsp3) is 0.538. The van der Waals surface area contributed by atoms with Gasteiger partial charge in [0, 0.05) is 38.4 Å². The second-order valence-corrected chi connectivity index (χ2v) is 7.15. The third kappa shape index (κ3) is 4.60. The number of pyridine rings is 1. The molecule has 2 amide bonds. The molecule has 1 aliphatic heterocycles. The number of hydrogen-bond acceptors (Lipinski definition) is 4. The van der Waals surface area contributed by atoms with E-state index in [0.29, 0.717) is 0 Å². The van der Waals surface area contributed by atoms with Crippen LogP contribution >= 0.6 is 0 Å². The van der Waals surface area contributed by atoms with Crippen molar-refractivity contribution in [3.8, 4) is 0 Å². The molecule has 1 saturated heterocycles. The molecular weight excluding hydrogens is 325 g/mol. The molecule has 128 valence electrons. The molecule has 0 aromatic carbocycles. The van der Waals surface area contributed by atoms with Crippen LogP contribution in [0.25, 0.3) is 0 Å². The second-order valence-electron chi connectivity index (χ2n) is 5.45. The molecule has 0 unspecified atom stereocenters. The first-order valence-corrected chi connectivity index (χ1v) is 8.66. The van der Waals surface area contributed by atoms with Crippen molar-refractivity contribution in [3.05, 3.63) is 24.3 Å². The average molecular weight is 345 g/mol. The largest absolute Gasteiger partial charge is 0.322 e. The monoisotopic (exact) mass is 345 g/mol. The molecule has 1 fully saturated rings. The summed E-state index contributed by atoms with van der Waals surface area (Å²) in [7, 11) is -3.54. The molecule has 0 radical (unpaired) electrons. The van der Waals surface area contributed by atoms with Crippen LogP contribution in [0.15, 0.2) is 18.5 Å². The lowest BCUT2D eigenvalue weighted by molar-refractivity contribution is 0.183. The number of piperazine rings is 1. The summed E-state index contributed by atoms with van der Waals surface area (Å²) < 4.78 is 41.4. The minimum atomic E-state index is -3.54. The van der Waals surface area contributed by atoms with E-state index >= 15 is 0 Å². The Hall–Kier alpha value is -1.78. The standard InChI is InChI=1S/C13H20FN5O3S/c1-10(2)17-23(21,22)19-7-5-18(6-8-19)13(20)16-12-3-4-15-9-11(12)14/h3-4,9-10,17H,5-8H2,1-2H3,(H,15,16,20). The summed E-state index contributed by atoms with van der Waals surface area (Å²) in [6.45, 7) is 4.33. The quantitative estimate of drug-likeness (QED) is 0.836. The van der Waals surface area contributed by atoms with Gasteiger partial charge in [0.05, 0.1) is 11.9 Å². The van der Waals surface area contributed by atoms with Crippen LogP contribution in [0.5, 0.6) is 0 Å². The Labute approximate surface area is 134 Å². The molecule has 10 heteroatoms. The van der Waals surface area contributed by atoms with Gasteiger partial charge in [-0.25, -0.2) is 9.18 Å². The number of carbonyl (C=O) groups is 1. The summed E-state index contributed by atoms with van der Waals surface area (Å²) in [4.78, 5) is 17.1. The summed E-state index contributed by atoms with van der Waals surface area (Å²) >= 11 is 0. The number of nitrogens with zero attached hydrogens (tertiary/aromatic N) is 3. The van der Waals surface area contributed by atoms with Gasteiger partial charge >= 0.3 is 6.03 Å². The Balaban J connectivity index is 1.92. The van der Waals surface area contributed by atoms with Crippen molar-refractivity contribution in [2.75, 3.05) is 31.5 Å². The number of carbonyl (C=O) groups excluding carboxylic acids is 1. The van der Waals surface area contributed by atoms with Crippen molar-refractivity contribution >= 4 is 21.9 Å². The van der Waals surface area contributed by atoms with Gasteiger partial charge in [-0.05, 0) is 19.9 Å². The number of nitrogens with one attached hydrogen (secondary N) is 2. The zero-order valence-electron chi connectivity index (χ0n) is 13.0. The first-order chi connectivity index (χ1) is 10.8. The highest BCUT2D eigenvalue weighted by atomic mass is 32.2. The molecular formula is C13H20FN5O3S. The second kappa shape index (κ2) is 7.20. The van der Waals surface area contributed by atoms with Crippen molar-refractivity contribution in [1.82, 2.24) is 18.9 Å². The fourth-order valence-corrected chi connectivity index (χ4v) is 3.56. The Morgan fingerprint density at radius 1 is 1.30 bits per heavy atom. The lowest BCUT2D eigenvalue weighted by atomic mass is 10.3. The van der Waals surface area contributed by atoms with Crippen LogP contribution < -0.4 is 10.0 Å². The van der Waals surface area contributed by atoms with E-state index in [9.17, 15) is 17.6 Å². The van der Waals surface area contributed by atoms with Crippen molar-refractivity contribution in [3.63, 3.8) is 0 Å². The first kappa shape index (κ1) is 17.6. The Kier molecular flexibility index (Phi) is 5.50. The van der Waals surface area contributed by atoms with E-state index in [0.717, 1.165) is 6.20 Å². The highest BCUT2D eigenvalue weighted by Gasteiger charge is 2.29. The van der Waals surface area contributed by atoms with E-state index in [1.165, 1.54) is 21.5 Å². The maximum absolute atomic E-state index is 13.5. The molecule has 23 heavy (non-hydrogen) atoms. The smallest absolute Gasteiger partial charge is 0.322 e. The SMILES string of the molecule is CC(C)NS(=O)(=O)N1CCN(C(=O)Nc2ccncc2F)CC1. The third-order valence-corrected chi connectivity index (χ3v) is 5.08. The van der Waals surface area contributed by atoms with Gasteiger partial charge in [-0.1, -0.05) is 0 Å². The van der Waals surface area contributed by atoms with E-state index in [4.69, 9.17) is 0 Å². The predicted octanol–water partition coefficient (Wildman–Crippen LogP) is 0.613. The molecule has 0 atom stereocenters. The van der Waals surface area contributed by atoms with E-state index in [1.54, 1.807) is 13.8 Å². The van der Waals surface area contributed by atoms with Gasteiger partial charge in [-0.15, -0.1) is 0 Å². The van der Waals surface area contributed by atoms with Gasteiger partial charge in [0.25, 0.3) is 10.2 Å². The molecule has 0 bridgehead atoms. The predicted molar refractivity (Wildman–Crippen MR) is 83.6 cm³/mol. The van der Waals surface area contributed by atoms with Gasteiger partial charge in [0.15, 0.2) is 5.82 Å². The van der Waals surface area contributed by atoms with E-state index < -0.39 is 22.1 Å². The third-order valence-electron chi connectivity index (χ3n) is 3.26. The lowest BCUT2D eigenvalue weighted by Crippen LogP contribution is -2.54. The number of urea groups is 1. The number of amides is 2. The molecule has 2 rings (SSSR count). The van der Waals surface area contributed by atoms with Crippen LogP contribution in [0.2, 0.25) is 0 Å².